The molecule has 1 amide bonds. The molecule has 0 aliphatic carbocycles. The topological polar surface area (TPSA) is 59.6 Å². The van der Waals surface area contributed by atoms with Crippen molar-refractivity contribution in [1.82, 2.24) is 10.6 Å². The van der Waals surface area contributed by atoms with Gasteiger partial charge in [-0.05, 0) is 26.2 Å². The fraction of sp³-hybridized carbons (Fsp3) is 0.929. The van der Waals surface area contributed by atoms with E-state index < -0.39 is 0 Å². The zero-order valence-electron chi connectivity index (χ0n) is 12.6. The van der Waals surface area contributed by atoms with Gasteiger partial charge in [0.15, 0.2) is 0 Å². The molecule has 1 fully saturated rings. The van der Waals surface area contributed by atoms with Crippen LogP contribution in [0, 0.1) is 5.92 Å². The van der Waals surface area contributed by atoms with E-state index in [9.17, 15) is 4.79 Å². The minimum atomic E-state index is -0.161. The zero-order chi connectivity index (χ0) is 14.3. The van der Waals surface area contributed by atoms with Gasteiger partial charge in [-0.2, -0.15) is 0 Å². The highest BCUT2D eigenvalue weighted by Gasteiger charge is 2.28. The summed E-state index contributed by atoms with van der Waals surface area (Å²) in [4.78, 5) is 11.5. The summed E-state index contributed by atoms with van der Waals surface area (Å²) in [5, 5.41) is 6.15. The largest absolute Gasteiger partial charge is 0.369 e. The molecule has 19 heavy (non-hydrogen) atoms. The first-order valence-electron chi connectivity index (χ1n) is 7.12. The van der Waals surface area contributed by atoms with E-state index in [1.54, 1.807) is 0 Å². The van der Waals surface area contributed by atoms with Crippen LogP contribution < -0.4 is 10.6 Å². The molecule has 1 rings (SSSR count). The molecule has 1 aliphatic rings. The molecule has 1 atom stereocenters. The Morgan fingerprint density at radius 3 is 2.89 bits per heavy atom. The second-order valence-corrected chi connectivity index (χ2v) is 6.18. The summed E-state index contributed by atoms with van der Waals surface area (Å²) in [6, 6.07) is 0. The first kappa shape index (κ1) is 16.4. The predicted octanol–water partition coefficient (Wildman–Crippen LogP) is 0.932. The average molecular weight is 272 g/mol. The number of rotatable bonds is 7. The Hall–Kier alpha value is -0.650. The fourth-order valence-electron chi connectivity index (χ4n) is 2.00. The highest BCUT2D eigenvalue weighted by atomic mass is 16.5. The minimum absolute atomic E-state index is 0.0206. The zero-order valence-corrected chi connectivity index (χ0v) is 12.6. The summed E-state index contributed by atoms with van der Waals surface area (Å²) in [6.07, 6.45) is 1.02. The summed E-state index contributed by atoms with van der Waals surface area (Å²) in [5.74, 6) is 0.550. The molecule has 0 spiro atoms. The second-order valence-electron chi connectivity index (χ2n) is 6.18. The van der Waals surface area contributed by atoms with E-state index in [1.807, 2.05) is 13.8 Å². The van der Waals surface area contributed by atoms with Crippen molar-refractivity contribution in [2.75, 3.05) is 32.8 Å². The van der Waals surface area contributed by atoms with Crippen molar-refractivity contribution in [3.05, 3.63) is 0 Å². The molecule has 2 N–H and O–H groups in total. The number of morpholine rings is 1. The van der Waals surface area contributed by atoms with Gasteiger partial charge in [-0.15, -0.1) is 0 Å². The van der Waals surface area contributed by atoms with E-state index >= 15 is 0 Å². The normalized spacial score (nSPS) is 22.5. The number of hydrogen-bond acceptors (Lipinski definition) is 4. The molecule has 0 aromatic heterocycles. The van der Waals surface area contributed by atoms with Gasteiger partial charge < -0.3 is 20.1 Å². The minimum Gasteiger partial charge on any atom is -0.369 e. The third-order valence-corrected chi connectivity index (χ3v) is 2.99. The lowest BCUT2D eigenvalue weighted by Gasteiger charge is -2.36. The Balaban J connectivity index is 2.08. The Bertz CT molecular complexity index is 280. The van der Waals surface area contributed by atoms with Crippen molar-refractivity contribution in [3.63, 3.8) is 0 Å². The number of amides is 1. The van der Waals surface area contributed by atoms with Gasteiger partial charge in [0, 0.05) is 19.6 Å². The van der Waals surface area contributed by atoms with Crippen molar-refractivity contribution in [2.45, 2.75) is 45.8 Å². The molecule has 0 saturated carbocycles. The fourth-order valence-corrected chi connectivity index (χ4v) is 2.00. The lowest BCUT2D eigenvalue weighted by atomic mass is 10.1. The maximum atomic E-state index is 11.5. The quantitative estimate of drug-likeness (QED) is 0.724. The maximum absolute atomic E-state index is 11.5. The molecule has 1 unspecified atom stereocenters. The Labute approximate surface area is 116 Å². The van der Waals surface area contributed by atoms with E-state index in [2.05, 4.69) is 24.5 Å². The second kappa shape index (κ2) is 7.82. The van der Waals surface area contributed by atoms with Gasteiger partial charge in [0.25, 0.3) is 0 Å². The number of carbonyl (C=O) groups excluding carboxylic acids is 1. The summed E-state index contributed by atoms with van der Waals surface area (Å²) in [5.41, 5.74) is -0.161. The van der Waals surface area contributed by atoms with Crippen molar-refractivity contribution in [1.29, 1.82) is 0 Å². The number of ether oxygens (including phenoxy) is 2. The van der Waals surface area contributed by atoms with Crippen LogP contribution in [0.15, 0.2) is 0 Å². The Morgan fingerprint density at radius 2 is 2.26 bits per heavy atom. The van der Waals surface area contributed by atoms with Crippen molar-refractivity contribution in [3.8, 4) is 0 Å². The van der Waals surface area contributed by atoms with Crippen LogP contribution in [0.5, 0.6) is 0 Å². The number of carbonyl (C=O) groups is 1. The highest BCUT2D eigenvalue weighted by Crippen LogP contribution is 2.15. The molecule has 1 heterocycles. The molecular weight excluding hydrogens is 244 g/mol. The molecular formula is C14H28N2O3. The Morgan fingerprint density at radius 1 is 1.53 bits per heavy atom. The van der Waals surface area contributed by atoms with E-state index in [0.717, 1.165) is 19.5 Å². The predicted molar refractivity (Wildman–Crippen MR) is 75.1 cm³/mol. The summed E-state index contributed by atoms with van der Waals surface area (Å²) >= 11 is 0. The Kier molecular flexibility index (Phi) is 6.75. The van der Waals surface area contributed by atoms with Crippen LogP contribution in [0.25, 0.3) is 0 Å². The van der Waals surface area contributed by atoms with Gasteiger partial charge in [-0.25, -0.2) is 0 Å². The SMILES string of the molecule is CC(C)CCNC(=O)COCC1CNCC(C)(C)O1. The van der Waals surface area contributed by atoms with Crippen LogP contribution in [0.3, 0.4) is 0 Å². The van der Waals surface area contributed by atoms with Crippen LogP contribution in [0.2, 0.25) is 0 Å². The van der Waals surface area contributed by atoms with Gasteiger partial charge in [0.2, 0.25) is 5.91 Å². The summed E-state index contributed by atoms with van der Waals surface area (Å²) < 4.78 is 11.3. The highest BCUT2D eigenvalue weighted by molar-refractivity contribution is 5.77. The summed E-state index contributed by atoms with van der Waals surface area (Å²) in [7, 11) is 0. The van der Waals surface area contributed by atoms with Crippen molar-refractivity contribution < 1.29 is 14.3 Å². The van der Waals surface area contributed by atoms with Crippen LogP contribution in [0.4, 0.5) is 0 Å². The number of nitrogens with one attached hydrogen (secondary N) is 2. The van der Waals surface area contributed by atoms with E-state index in [0.29, 0.717) is 19.1 Å². The van der Waals surface area contributed by atoms with E-state index in [4.69, 9.17) is 9.47 Å². The number of hydrogen-bond donors (Lipinski definition) is 2. The molecule has 1 aliphatic heterocycles. The van der Waals surface area contributed by atoms with Gasteiger partial charge in [-0.1, -0.05) is 13.8 Å². The van der Waals surface area contributed by atoms with Crippen LogP contribution >= 0.6 is 0 Å². The monoisotopic (exact) mass is 272 g/mol. The van der Waals surface area contributed by atoms with Gasteiger partial charge in [0.1, 0.15) is 6.61 Å². The van der Waals surface area contributed by atoms with Gasteiger partial charge in [0.05, 0.1) is 18.3 Å². The molecule has 5 nitrogen and oxygen atoms in total. The van der Waals surface area contributed by atoms with E-state index in [-0.39, 0.29) is 24.2 Å². The molecule has 0 bridgehead atoms. The van der Waals surface area contributed by atoms with Crippen LogP contribution in [0.1, 0.15) is 34.1 Å². The van der Waals surface area contributed by atoms with Crippen molar-refractivity contribution in [2.24, 2.45) is 5.92 Å². The molecule has 5 heteroatoms. The molecule has 112 valence electrons. The van der Waals surface area contributed by atoms with Crippen molar-refractivity contribution >= 4 is 5.91 Å². The lowest BCUT2D eigenvalue weighted by molar-refractivity contribution is -0.135. The lowest BCUT2D eigenvalue weighted by Crippen LogP contribution is -2.52. The average Bonchev–Trinajstić information content (AvgIpc) is 2.27. The molecule has 1 saturated heterocycles. The maximum Gasteiger partial charge on any atom is 0.245 e. The van der Waals surface area contributed by atoms with Gasteiger partial charge >= 0.3 is 0 Å². The van der Waals surface area contributed by atoms with Gasteiger partial charge in [-0.3, -0.25) is 4.79 Å². The molecule has 0 aromatic rings. The van der Waals surface area contributed by atoms with E-state index in [1.165, 1.54) is 0 Å². The standard InChI is InChI=1S/C14H28N2O3/c1-11(2)5-6-16-13(17)9-18-8-12-7-15-10-14(3,4)19-12/h11-12,15H,5-10H2,1-4H3,(H,16,17). The smallest absolute Gasteiger partial charge is 0.245 e. The summed E-state index contributed by atoms with van der Waals surface area (Å²) in [6.45, 7) is 11.3. The first-order chi connectivity index (χ1) is 8.89. The molecule has 0 radical (unpaired) electrons. The van der Waals surface area contributed by atoms with Crippen LogP contribution in [-0.4, -0.2) is 50.5 Å². The molecule has 0 aromatic carbocycles. The third-order valence-electron chi connectivity index (χ3n) is 2.99. The third kappa shape index (κ3) is 7.50. The first-order valence-corrected chi connectivity index (χ1v) is 7.12. The van der Waals surface area contributed by atoms with Crippen LogP contribution in [-0.2, 0) is 14.3 Å².